The van der Waals surface area contributed by atoms with Crippen molar-refractivity contribution in [1.82, 2.24) is 4.90 Å². The first-order valence-electron chi connectivity index (χ1n) is 6.54. The number of nitrogens with zero attached hydrogens (tertiary/aromatic N) is 1. The van der Waals surface area contributed by atoms with Gasteiger partial charge in [-0.2, -0.15) is 0 Å². The van der Waals surface area contributed by atoms with Gasteiger partial charge in [0.15, 0.2) is 0 Å². The molecule has 0 amide bonds. The van der Waals surface area contributed by atoms with Gasteiger partial charge >= 0.3 is 0 Å². The van der Waals surface area contributed by atoms with Gasteiger partial charge in [-0.25, -0.2) is 0 Å². The van der Waals surface area contributed by atoms with Crippen LogP contribution >= 0.6 is 11.6 Å². The van der Waals surface area contributed by atoms with E-state index in [4.69, 9.17) is 16.7 Å². The highest BCUT2D eigenvalue weighted by Gasteiger charge is 2.16. The minimum absolute atomic E-state index is 0.0166. The second kappa shape index (κ2) is 7.13. The molecule has 0 radical (unpaired) electrons. The van der Waals surface area contributed by atoms with Crippen molar-refractivity contribution in [1.29, 1.82) is 0 Å². The predicted octanol–water partition coefficient (Wildman–Crippen LogP) is 3.21. The van der Waals surface area contributed by atoms with E-state index in [0.717, 1.165) is 13.1 Å². The van der Waals surface area contributed by atoms with Gasteiger partial charge in [-0.15, -0.1) is 11.6 Å². The number of hydrogen-bond donors (Lipinski definition) is 1. The van der Waals surface area contributed by atoms with Crippen LogP contribution in [0.2, 0.25) is 0 Å². The average molecular weight is 270 g/mol. The molecule has 0 bridgehead atoms. The van der Waals surface area contributed by atoms with Crippen LogP contribution < -0.4 is 0 Å². The first-order chi connectivity index (χ1) is 8.49. The molecule has 1 aromatic rings. The molecule has 3 heteroatoms. The third-order valence-corrected chi connectivity index (χ3v) is 3.69. The van der Waals surface area contributed by atoms with Crippen molar-refractivity contribution in [3.63, 3.8) is 0 Å². The van der Waals surface area contributed by atoms with Crippen molar-refractivity contribution in [2.24, 2.45) is 0 Å². The third kappa shape index (κ3) is 3.98. The maximum atomic E-state index is 9.01. The number of alkyl halides is 1. The molecule has 102 valence electrons. The largest absolute Gasteiger partial charge is 0.395 e. The Morgan fingerprint density at radius 3 is 2.22 bits per heavy atom. The highest BCUT2D eigenvalue weighted by atomic mass is 35.5. The van der Waals surface area contributed by atoms with E-state index in [2.05, 4.69) is 44.7 Å². The zero-order valence-electron chi connectivity index (χ0n) is 11.8. The van der Waals surface area contributed by atoms with Crippen LogP contribution in [-0.2, 0) is 0 Å². The molecule has 1 atom stereocenters. The number of aliphatic hydroxyl groups is 1. The van der Waals surface area contributed by atoms with Crippen molar-refractivity contribution < 1.29 is 5.11 Å². The fraction of sp³-hybridized carbons (Fsp3) is 0.600. The average Bonchev–Trinajstić information content (AvgIpc) is 2.26. The van der Waals surface area contributed by atoms with E-state index in [1.165, 1.54) is 22.3 Å². The Bertz CT molecular complexity index is 369. The van der Waals surface area contributed by atoms with E-state index in [9.17, 15) is 0 Å². The number of aryl methyl sites for hydroxylation is 3. The van der Waals surface area contributed by atoms with Gasteiger partial charge in [0, 0.05) is 13.1 Å². The van der Waals surface area contributed by atoms with E-state index >= 15 is 0 Å². The molecule has 1 aromatic carbocycles. The monoisotopic (exact) mass is 269 g/mol. The Morgan fingerprint density at radius 1 is 1.22 bits per heavy atom. The summed E-state index contributed by atoms with van der Waals surface area (Å²) in [5.41, 5.74) is 5.03. The summed E-state index contributed by atoms with van der Waals surface area (Å²) in [5.74, 6) is 0. The van der Waals surface area contributed by atoms with Gasteiger partial charge in [-0.3, -0.25) is 4.90 Å². The standard InChI is InChI=1S/C15H24ClNO/c1-5-17(6-7-18)10-14(16)15-12(3)8-11(2)9-13(15)4/h8-9,14,18H,5-7,10H2,1-4H3. The van der Waals surface area contributed by atoms with Gasteiger partial charge in [0.2, 0.25) is 0 Å². The lowest BCUT2D eigenvalue weighted by Crippen LogP contribution is -2.30. The maximum Gasteiger partial charge on any atom is 0.0717 e. The molecule has 1 rings (SSSR count). The first kappa shape index (κ1) is 15.5. The number of rotatable bonds is 6. The van der Waals surface area contributed by atoms with Crippen molar-refractivity contribution in [3.05, 3.63) is 34.4 Å². The predicted molar refractivity (Wildman–Crippen MR) is 78.4 cm³/mol. The van der Waals surface area contributed by atoms with Crippen LogP contribution in [0.25, 0.3) is 0 Å². The van der Waals surface area contributed by atoms with Gasteiger partial charge in [0.05, 0.1) is 12.0 Å². The molecular formula is C15H24ClNO. The summed E-state index contributed by atoms with van der Waals surface area (Å²) in [5, 5.41) is 9.00. The van der Waals surface area contributed by atoms with Crippen LogP contribution in [0.3, 0.4) is 0 Å². The maximum absolute atomic E-state index is 9.01. The molecule has 1 N–H and O–H groups in total. The van der Waals surface area contributed by atoms with Crippen LogP contribution in [0.4, 0.5) is 0 Å². The summed E-state index contributed by atoms with van der Waals surface area (Å²) >= 11 is 6.56. The molecule has 0 aliphatic heterocycles. The summed E-state index contributed by atoms with van der Waals surface area (Å²) in [7, 11) is 0. The van der Waals surface area contributed by atoms with Gasteiger partial charge in [-0.05, 0) is 44.0 Å². The van der Waals surface area contributed by atoms with E-state index in [1.54, 1.807) is 0 Å². The summed E-state index contributed by atoms with van der Waals surface area (Å²) in [6.07, 6.45) is 0. The minimum Gasteiger partial charge on any atom is -0.395 e. The lowest BCUT2D eigenvalue weighted by molar-refractivity contribution is 0.202. The zero-order valence-corrected chi connectivity index (χ0v) is 12.6. The van der Waals surface area contributed by atoms with Gasteiger partial charge < -0.3 is 5.11 Å². The third-order valence-electron chi connectivity index (χ3n) is 3.33. The number of benzene rings is 1. The van der Waals surface area contributed by atoms with E-state index in [1.807, 2.05) is 0 Å². The summed E-state index contributed by atoms with van der Waals surface area (Å²) in [4.78, 5) is 2.18. The molecule has 0 aromatic heterocycles. The minimum atomic E-state index is -0.0166. The van der Waals surface area contributed by atoms with Gasteiger partial charge in [-0.1, -0.05) is 24.6 Å². The normalized spacial score (nSPS) is 13.1. The number of aliphatic hydroxyl groups excluding tert-OH is 1. The van der Waals surface area contributed by atoms with Crippen molar-refractivity contribution in [2.75, 3.05) is 26.2 Å². The molecule has 1 unspecified atom stereocenters. The number of hydrogen-bond acceptors (Lipinski definition) is 2. The van der Waals surface area contributed by atoms with Crippen molar-refractivity contribution >= 4 is 11.6 Å². The SMILES string of the molecule is CCN(CCO)CC(Cl)c1c(C)cc(C)cc1C. The molecule has 0 fully saturated rings. The van der Waals surface area contributed by atoms with E-state index < -0.39 is 0 Å². The fourth-order valence-electron chi connectivity index (χ4n) is 2.52. The van der Waals surface area contributed by atoms with Crippen LogP contribution in [0.1, 0.15) is 34.6 Å². The van der Waals surface area contributed by atoms with Gasteiger partial charge in [0.25, 0.3) is 0 Å². The number of likely N-dealkylation sites (N-methyl/N-ethyl adjacent to an activating group) is 1. The first-order valence-corrected chi connectivity index (χ1v) is 6.98. The molecule has 0 spiro atoms. The fourth-order valence-corrected chi connectivity index (χ4v) is 3.06. The molecular weight excluding hydrogens is 246 g/mol. The topological polar surface area (TPSA) is 23.5 Å². The Hall–Kier alpha value is -0.570. The zero-order chi connectivity index (χ0) is 13.7. The molecule has 2 nitrogen and oxygen atoms in total. The number of halogens is 1. The highest BCUT2D eigenvalue weighted by Crippen LogP contribution is 2.29. The molecule has 18 heavy (non-hydrogen) atoms. The van der Waals surface area contributed by atoms with Gasteiger partial charge in [0.1, 0.15) is 0 Å². The van der Waals surface area contributed by atoms with Crippen LogP contribution in [0, 0.1) is 20.8 Å². The summed E-state index contributed by atoms with van der Waals surface area (Å²) < 4.78 is 0. The molecule has 0 saturated heterocycles. The Balaban J connectivity index is 2.86. The Morgan fingerprint density at radius 2 is 1.78 bits per heavy atom. The van der Waals surface area contributed by atoms with Crippen LogP contribution in [-0.4, -0.2) is 36.2 Å². The van der Waals surface area contributed by atoms with E-state index in [0.29, 0.717) is 6.54 Å². The quantitative estimate of drug-likeness (QED) is 0.802. The highest BCUT2D eigenvalue weighted by molar-refractivity contribution is 6.21. The lowest BCUT2D eigenvalue weighted by atomic mass is 9.97. The molecule has 0 saturated carbocycles. The van der Waals surface area contributed by atoms with Crippen LogP contribution in [0.5, 0.6) is 0 Å². The van der Waals surface area contributed by atoms with Crippen molar-refractivity contribution in [2.45, 2.75) is 33.1 Å². The molecule has 0 aliphatic rings. The Labute approximate surface area is 116 Å². The van der Waals surface area contributed by atoms with E-state index in [-0.39, 0.29) is 12.0 Å². The summed E-state index contributed by atoms with van der Waals surface area (Å²) in [6, 6.07) is 4.36. The van der Waals surface area contributed by atoms with Crippen LogP contribution in [0.15, 0.2) is 12.1 Å². The smallest absolute Gasteiger partial charge is 0.0717 e. The molecule has 0 heterocycles. The molecule has 0 aliphatic carbocycles. The van der Waals surface area contributed by atoms with Crippen molar-refractivity contribution in [3.8, 4) is 0 Å². The Kier molecular flexibility index (Phi) is 6.13. The second-order valence-electron chi connectivity index (χ2n) is 4.90. The summed E-state index contributed by atoms with van der Waals surface area (Å²) in [6.45, 7) is 11.0. The lowest BCUT2D eigenvalue weighted by Gasteiger charge is -2.24. The second-order valence-corrected chi connectivity index (χ2v) is 5.42.